The van der Waals surface area contributed by atoms with Crippen molar-refractivity contribution in [3.8, 4) is 33.4 Å². The molecule has 0 aliphatic heterocycles. The summed E-state index contributed by atoms with van der Waals surface area (Å²) in [7, 11) is 0. The molecule has 18 aromatic carbocycles. The molecule has 0 heterocycles. The Hall–Kier alpha value is -15.2. The molecule has 18 aromatic rings. The van der Waals surface area contributed by atoms with Gasteiger partial charge in [-0.2, -0.15) is 0 Å². The van der Waals surface area contributed by atoms with Crippen molar-refractivity contribution in [1.82, 2.24) is 0 Å². The molecule has 0 saturated carbocycles. The first kappa shape index (κ1) is 84.4. The van der Waals surface area contributed by atoms with Crippen molar-refractivity contribution in [2.75, 3.05) is 29.4 Å². The van der Waals surface area contributed by atoms with Gasteiger partial charge < -0.3 is 29.4 Å². The van der Waals surface area contributed by atoms with E-state index in [1.165, 1.54) is 50.1 Å². The molecule has 0 aliphatic rings. The van der Waals surface area contributed by atoms with Crippen LogP contribution < -0.4 is 29.4 Å². The summed E-state index contributed by atoms with van der Waals surface area (Å²) in [5.74, 6) is 1.64. The predicted molar refractivity (Wildman–Crippen MR) is 540 cm³/mol. The van der Waals surface area contributed by atoms with Crippen molar-refractivity contribution >= 4 is 102 Å². The Kier molecular flexibility index (Phi) is 27.8. The topological polar surface area (TPSA) is 19.4 Å². The molecule has 0 fully saturated rings. The van der Waals surface area contributed by atoms with Crippen LogP contribution in [0.15, 0.2) is 491 Å². The van der Waals surface area contributed by atoms with Crippen molar-refractivity contribution in [2.24, 2.45) is 0 Å². The van der Waals surface area contributed by atoms with Gasteiger partial charge in [-0.05, 0) is 299 Å². The molecule has 0 saturated heterocycles. The molecular weight excluding hydrogens is 1530 g/mol. The summed E-state index contributed by atoms with van der Waals surface area (Å²) >= 11 is 0. The molecule has 18 rings (SSSR count). The second kappa shape index (κ2) is 41.6. The van der Waals surface area contributed by atoms with Crippen molar-refractivity contribution in [3.63, 3.8) is 0 Å². The summed E-state index contributed by atoms with van der Waals surface area (Å²) in [5, 5.41) is 0. The molecule has 0 aliphatic carbocycles. The Morgan fingerprint density at radius 2 is 0.262 bits per heavy atom. The van der Waals surface area contributed by atoms with Crippen LogP contribution in [0.3, 0.4) is 0 Å². The molecule has 0 aromatic heterocycles. The monoisotopic (exact) mass is 1630 g/mol. The van der Waals surface area contributed by atoms with Gasteiger partial charge in [0, 0.05) is 102 Å². The fourth-order valence-corrected chi connectivity index (χ4v) is 16.3. The molecule has 6 nitrogen and oxygen atoms in total. The third-order valence-electron chi connectivity index (χ3n) is 23.9. The van der Waals surface area contributed by atoms with E-state index in [2.05, 4.69) is 562 Å². The van der Waals surface area contributed by atoms with Gasteiger partial charge in [0.05, 0.1) is 0 Å². The minimum Gasteiger partial charge on any atom is -0.311 e. The van der Waals surface area contributed by atoms with Crippen LogP contribution in [0, 0.1) is 0 Å². The van der Waals surface area contributed by atoms with Gasteiger partial charge in [0.1, 0.15) is 0 Å². The number of benzene rings is 18. The number of anilines is 18. The molecular formula is C120H108N6. The van der Waals surface area contributed by atoms with Crippen LogP contribution in [0.2, 0.25) is 0 Å². The molecule has 3 unspecified atom stereocenters. The lowest BCUT2D eigenvalue weighted by molar-refractivity contribution is 0.733. The van der Waals surface area contributed by atoms with Crippen LogP contribution in [-0.4, -0.2) is 0 Å². The van der Waals surface area contributed by atoms with Gasteiger partial charge in [-0.25, -0.2) is 0 Å². The zero-order valence-electron chi connectivity index (χ0n) is 72.8. The van der Waals surface area contributed by atoms with Gasteiger partial charge in [0.25, 0.3) is 0 Å². The second-order valence-corrected chi connectivity index (χ2v) is 32.0. The van der Waals surface area contributed by atoms with Crippen LogP contribution in [0.5, 0.6) is 0 Å². The lowest BCUT2D eigenvalue weighted by Gasteiger charge is -2.29. The fraction of sp³-hybridized carbons (Fsp3) is 0.100. The van der Waals surface area contributed by atoms with Gasteiger partial charge in [-0.1, -0.05) is 321 Å². The van der Waals surface area contributed by atoms with Crippen LogP contribution in [0.1, 0.15) is 95.2 Å². The van der Waals surface area contributed by atoms with Gasteiger partial charge in [0.2, 0.25) is 0 Å². The second-order valence-electron chi connectivity index (χ2n) is 32.0. The van der Waals surface area contributed by atoms with Gasteiger partial charge in [-0.15, -0.1) is 0 Å². The van der Waals surface area contributed by atoms with Crippen LogP contribution in [0.25, 0.3) is 33.4 Å². The third-order valence-corrected chi connectivity index (χ3v) is 23.9. The first-order valence-corrected chi connectivity index (χ1v) is 44.3. The Balaban J connectivity index is 0.000000141. The van der Waals surface area contributed by atoms with Crippen LogP contribution in [0.4, 0.5) is 102 Å². The van der Waals surface area contributed by atoms with Crippen molar-refractivity contribution in [2.45, 2.75) is 78.6 Å². The highest BCUT2D eigenvalue weighted by atomic mass is 15.2. The van der Waals surface area contributed by atoms with Crippen molar-refractivity contribution in [1.29, 1.82) is 0 Å². The quantitative estimate of drug-likeness (QED) is 0.0507. The summed E-state index contributed by atoms with van der Waals surface area (Å²) < 4.78 is 0. The largest absolute Gasteiger partial charge is 0.311 e. The Morgan fingerprint density at radius 1 is 0.135 bits per heavy atom. The summed E-state index contributed by atoms with van der Waals surface area (Å²) in [4.78, 5) is 13.9. The first-order chi connectivity index (χ1) is 62.1. The smallest absolute Gasteiger partial charge is 0.0482 e. The van der Waals surface area contributed by atoms with Gasteiger partial charge in [-0.3, -0.25) is 0 Å². The van der Waals surface area contributed by atoms with Crippen LogP contribution in [-0.2, 0) is 0 Å². The number of para-hydroxylation sites is 6. The average molecular weight is 1630 g/mol. The van der Waals surface area contributed by atoms with E-state index in [1.54, 1.807) is 0 Å². The van der Waals surface area contributed by atoms with E-state index in [0.717, 1.165) is 122 Å². The minimum atomic E-state index is 0.540. The highest BCUT2D eigenvalue weighted by Crippen LogP contribution is 2.46. The van der Waals surface area contributed by atoms with E-state index in [-0.39, 0.29) is 0 Å². The number of hydrogen-bond acceptors (Lipinski definition) is 6. The summed E-state index contributed by atoms with van der Waals surface area (Å²) in [5.41, 5.74) is 31.6. The van der Waals surface area contributed by atoms with E-state index in [9.17, 15) is 0 Å². The van der Waals surface area contributed by atoms with E-state index in [0.29, 0.717) is 17.8 Å². The molecule has 618 valence electrons. The Morgan fingerprint density at radius 3 is 0.437 bits per heavy atom. The lowest BCUT2D eigenvalue weighted by Crippen LogP contribution is -2.13. The summed E-state index contributed by atoms with van der Waals surface area (Å²) in [6, 6.07) is 175. The SMILES string of the molecule is CCC(C)c1ccc(N(c2ccccc2)c2ccc(N(c3ccc(-c4ccccc4)cc3)c3ccc(-c4ccccc4)cc3)cc2)cc1.CCC(C)c1ccc(N(c2ccccc2)c2ccc(N(c3ccccc3)c3ccc(-c4ccccc4)cc3)cc2)cc1.CCC(C)c1ccc(N(c2ccccc2)c2cccc(N(c3ccccc3)c3ccccc3)c2)cc1. The maximum atomic E-state index is 2.33. The third kappa shape index (κ3) is 20.4. The number of hydrogen-bond donors (Lipinski definition) is 0. The molecule has 0 N–H and O–H groups in total. The van der Waals surface area contributed by atoms with E-state index < -0.39 is 0 Å². The number of nitrogens with zero attached hydrogens (tertiary/aromatic N) is 6. The van der Waals surface area contributed by atoms with E-state index in [1.807, 2.05) is 0 Å². The Bertz CT molecular complexity index is 6180. The molecule has 3 atom stereocenters. The zero-order chi connectivity index (χ0) is 86.2. The number of rotatable bonds is 27. The van der Waals surface area contributed by atoms with E-state index in [4.69, 9.17) is 0 Å². The molecule has 0 bridgehead atoms. The first-order valence-electron chi connectivity index (χ1n) is 44.3. The van der Waals surface area contributed by atoms with E-state index >= 15 is 0 Å². The molecule has 6 heteroatoms. The average Bonchev–Trinajstić information content (AvgIpc) is 0.793. The highest BCUT2D eigenvalue weighted by Gasteiger charge is 2.23. The van der Waals surface area contributed by atoms with Gasteiger partial charge in [0.15, 0.2) is 0 Å². The predicted octanol–water partition coefficient (Wildman–Crippen LogP) is 35.4. The maximum Gasteiger partial charge on any atom is 0.0482 e. The standard InChI is InChI=1S/C46H40N2.C40H36N2.C34H32N2/c1-3-35(2)36-19-25-42(26-20-36)47(41-17-11-6-12-18-41)45-31-33-46(34-32-45)48(43-27-21-39(22-28-43)37-13-7-4-8-14-37)44-29-23-40(24-30-44)38-15-9-5-10-16-38;1-3-31(2)32-19-23-37(24-20-32)41(35-15-9-5-10-16-35)39-27-29-40(30-28-39)42(36-17-11-6-12-18-36)38-25-21-34(22-26-38)33-13-7-4-8-14-33;1-3-27(2)28-22-24-32(25-23-28)36(31-18-11-6-12-19-31)34-21-13-20-33(26-34)35(29-14-7-4-8-15-29)30-16-9-5-10-17-30/h4-35H,3H2,1-2H3;4-31H,3H2,1-2H3;4-27H,3H2,1-2H3. The summed E-state index contributed by atoms with van der Waals surface area (Å²) in [6.07, 6.45) is 3.40. The lowest BCUT2D eigenvalue weighted by atomic mass is 9.98. The molecule has 126 heavy (non-hydrogen) atoms. The van der Waals surface area contributed by atoms with Crippen molar-refractivity contribution in [3.05, 3.63) is 508 Å². The zero-order valence-corrected chi connectivity index (χ0v) is 72.8. The fourth-order valence-electron chi connectivity index (χ4n) is 16.3. The normalized spacial score (nSPS) is 11.6. The van der Waals surface area contributed by atoms with Gasteiger partial charge >= 0.3 is 0 Å². The summed E-state index contributed by atoms with van der Waals surface area (Å²) in [6.45, 7) is 13.6. The van der Waals surface area contributed by atoms with Crippen molar-refractivity contribution < 1.29 is 0 Å². The molecule has 0 spiro atoms. The molecule has 0 radical (unpaired) electrons. The highest BCUT2D eigenvalue weighted by molar-refractivity contribution is 5.87. The Labute approximate surface area is 746 Å². The molecule has 0 amide bonds. The van der Waals surface area contributed by atoms with Crippen LogP contribution >= 0.6 is 0 Å². The minimum absolute atomic E-state index is 0.540. The maximum absolute atomic E-state index is 2.33.